The first-order chi connectivity index (χ1) is 13.3. The highest BCUT2D eigenvalue weighted by molar-refractivity contribution is 5.85. The van der Waals surface area contributed by atoms with Gasteiger partial charge in [-0.2, -0.15) is 0 Å². The molecule has 6 heteroatoms. The molecule has 3 rings (SSSR count). The maximum Gasteiger partial charge on any atom is 0.411 e. The zero-order valence-corrected chi connectivity index (χ0v) is 17.8. The quantitative estimate of drug-likeness (QED) is 0.591. The van der Waals surface area contributed by atoms with Crippen LogP contribution in [0, 0.1) is 0 Å². The number of piperidine rings is 1. The number of likely N-dealkylation sites (tertiary alicyclic amines) is 1. The minimum absolute atomic E-state index is 0. The van der Waals surface area contributed by atoms with Crippen LogP contribution in [0.3, 0.4) is 0 Å². The molecular weight excluding hydrogens is 376 g/mol. The molecule has 0 bridgehead atoms. The second-order valence-corrected chi connectivity index (χ2v) is 7.74. The van der Waals surface area contributed by atoms with Crippen molar-refractivity contribution >= 4 is 24.2 Å². The van der Waals surface area contributed by atoms with Gasteiger partial charge >= 0.3 is 6.09 Å². The lowest BCUT2D eigenvalue weighted by atomic mass is 9.90. The van der Waals surface area contributed by atoms with E-state index in [1.54, 1.807) is 0 Å². The smallest absolute Gasteiger partial charge is 0.411 e. The summed E-state index contributed by atoms with van der Waals surface area (Å²) in [5.74, 6) is 0.833. The minimum atomic E-state index is -0.344. The fraction of sp³-hybridized carbons (Fsp3) is 0.682. The van der Waals surface area contributed by atoms with Crippen LogP contribution in [0.25, 0.3) is 0 Å². The lowest BCUT2D eigenvalue weighted by molar-refractivity contribution is 0.00174. The second kappa shape index (κ2) is 12.2. The maximum absolute atomic E-state index is 12.4. The minimum Gasteiger partial charge on any atom is -0.494 e. The topological polar surface area (TPSA) is 50.8 Å². The van der Waals surface area contributed by atoms with E-state index in [1.807, 2.05) is 24.3 Å². The number of carbonyl (C=O) groups is 1. The Balaban J connectivity index is 0.00000280. The Bertz CT molecular complexity index is 576. The van der Waals surface area contributed by atoms with Crippen LogP contribution in [0.15, 0.2) is 24.3 Å². The van der Waals surface area contributed by atoms with Gasteiger partial charge in [-0.3, -0.25) is 10.2 Å². The van der Waals surface area contributed by atoms with Crippen molar-refractivity contribution in [3.05, 3.63) is 24.3 Å². The number of ether oxygens (including phenoxy) is 2. The van der Waals surface area contributed by atoms with Gasteiger partial charge in [0.15, 0.2) is 0 Å². The Hall–Kier alpha value is -1.46. The van der Waals surface area contributed by atoms with Crippen molar-refractivity contribution in [2.45, 2.75) is 76.9 Å². The van der Waals surface area contributed by atoms with Crippen molar-refractivity contribution in [1.82, 2.24) is 4.90 Å². The van der Waals surface area contributed by atoms with Crippen molar-refractivity contribution in [3.8, 4) is 5.75 Å². The van der Waals surface area contributed by atoms with Gasteiger partial charge in [0.2, 0.25) is 0 Å². The molecule has 0 aromatic heterocycles. The Labute approximate surface area is 175 Å². The molecule has 0 spiro atoms. The highest BCUT2D eigenvalue weighted by Gasteiger charge is 2.33. The first kappa shape index (κ1) is 22.8. The molecule has 1 heterocycles. The van der Waals surface area contributed by atoms with E-state index >= 15 is 0 Å². The Morgan fingerprint density at radius 2 is 1.79 bits per heavy atom. The normalized spacial score (nSPS) is 22.8. The summed E-state index contributed by atoms with van der Waals surface area (Å²) in [5.41, 5.74) is 0.744. The van der Waals surface area contributed by atoms with E-state index in [2.05, 4.69) is 17.1 Å². The van der Waals surface area contributed by atoms with Crippen LogP contribution in [0.1, 0.15) is 64.7 Å². The van der Waals surface area contributed by atoms with Crippen molar-refractivity contribution in [2.24, 2.45) is 0 Å². The highest BCUT2D eigenvalue weighted by Crippen LogP contribution is 2.28. The zero-order valence-electron chi connectivity index (χ0n) is 17.0. The van der Waals surface area contributed by atoms with E-state index < -0.39 is 0 Å². The molecule has 1 aliphatic carbocycles. The molecule has 28 heavy (non-hydrogen) atoms. The van der Waals surface area contributed by atoms with Crippen LogP contribution >= 0.6 is 12.4 Å². The number of halogens is 1. The molecule has 1 aromatic rings. The van der Waals surface area contributed by atoms with E-state index in [-0.39, 0.29) is 24.6 Å². The third-order valence-electron chi connectivity index (χ3n) is 5.65. The van der Waals surface area contributed by atoms with E-state index in [0.717, 1.165) is 63.2 Å². The molecular formula is C22H35ClN2O3. The van der Waals surface area contributed by atoms with Gasteiger partial charge in [0.25, 0.3) is 0 Å². The van der Waals surface area contributed by atoms with Crippen LogP contribution in [-0.2, 0) is 4.74 Å². The average Bonchev–Trinajstić information content (AvgIpc) is 2.70. The number of benzene rings is 1. The molecule has 2 unspecified atom stereocenters. The summed E-state index contributed by atoms with van der Waals surface area (Å²) in [6.45, 7) is 5.16. The summed E-state index contributed by atoms with van der Waals surface area (Å²) in [5, 5.41) is 2.87. The first-order valence-corrected chi connectivity index (χ1v) is 10.7. The van der Waals surface area contributed by atoms with Crippen LogP contribution in [0.4, 0.5) is 10.5 Å². The van der Waals surface area contributed by atoms with Gasteiger partial charge in [-0.25, -0.2) is 4.79 Å². The molecule has 0 radical (unpaired) electrons. The van der Waals surface area contributed by atoms with Gasteiger partial charge in [-0.15, -0.1) is 12.4 Å². The SMILES string of the molecule is CCCCOc1ccc(NC(=O)OC2CCCCC2N2CCCCC2)cc1.Cl. The van der Waals surface area contributed by atoms with Crippen LogP contribution < -0.4 is 10.1 Å². The van der Waals surface area contributed by atoms with Crippen molar-refractivity contribution in [2.75, 3.05) is 25.0 Å². The average molecular weight is 411 g/mol. The van der Waals surface area contributed by atoms with Crippen LogP contribution in [-0.4, -0.2) is 42.8 Å². The fourth-order valence-electron chi connectivity index (χ4n) is 4.14. The number of amides is 1. The Kier molecular flexibility index (Phi) is 9.93. The van der Waals surface area contributed by atoms with Crippen molar-refractivity contribution in [1.29, 1.82) is 0 Å². The number of hydrogen-bond donors (Lipinski definition) is 1. The summed E-state index contributed by atoms with van der Waals surface area (Å²) >= 11 is 0. The summed E-state index contributed by atoms with van der Waals surface area (Å²) in [6, 6.07) is 7.90. The van der Waals surface area contributed by atoms with Gasteiger partial charge in [0.1, 0.15) is 11.9 Å². The first-order valence-electron chi connectivity index (χ1n) is 10.7. The van der Waals surface area contributed by atoms with E-state index in [1.165, 1.54) is 25.7 Å². The van der Waals surface area contributed by atoms with Crippen molar-refractivity contribution < 1.29 is 14.3 Å². The number of unbranched alkanes of at least 4 members (excludes halogenated alkanes) is 1. The molecule has 158 valence electrons. The number of rotatable bonds is 7. The summed E-state index contributed by atoms with van der Waals surface area (Å²) in [7, 11) is 0. The molecule has 1 N–H and O–H groups in total. The summed E-state index contributed by atoms with van der Waals surface area (Å²) < 4.78 is 11.5. The van der Waals surface area contributed by atoms with Gasteiger partial charge in [0, 0.05) is 11.7 Å². The molecule has 2 fully saturated rings. The van der Waals surface area contributed by atoms with E-state index in [4.69, 9.17) is 9.47 Å². The third kappa shape index (κ3) is 6.85. The van der Waals surface area contributed by atoms with Gasteiger partial charge < -0.3 is 9.47 Å². The number of carbonyl (C=O) groups excluding carboxylic acids is 1. The molecule has 1 saturated carbocycles. The van der Waals surface area contributed by atoms with E-state index in [0.29, 0.717) is 6.04 Å². The lowest BCUT2D eigenvalue weighted by Gasteiger charge is -2.41. The molecule has 1 aromatic carbocycles. The standard InChI is InChI=1S/C22H34N2O3.ClH/c1-2-3-17-26-19-13-11-18(12-14-19)23-22(25)27-21-10-6-5-9-20(21)24-15-7-4-8-16-24;/h11-14,20-21H,2-10,15-17H2,1H3,(H,23,25);1H. The predicted octanol–water partition coefficient (Wildman–Crippen LogP) is 5.63. The monoisotopic (exact) mass is 410 g/mol. The highest BCUT2D eigenvalue weighted by atomic mass is 35.5. The van der Waals surface area contributed by atoms with Crippen molar-refractivity contribution in [3.63, 3.8) is 0 Å². The van der Waals surface area contributed by atoms with E-state index in [9.17, 15) is 4.79 Å². The fourth-order valence-corrected chi connectivity index (χ4v) is 4.14. The Morgan fingerprint density at radius 1 is 1.07 bits per heavy atom. The van der Waals surface area contributed by atoms with Gasteiger partial charge in [-0.1, -0.05) is 26.2 Å². The molecule has 5 nitrogen and oxygen atoms in total. The molecule has 2 aliphatic rings. The molecule has 1 saturated heterocycles. The van der Waals surface area contributed by atoms with Gasteiger partial charge in [-0.05, 0) is 75.9 Å². The number of nitrogens with one attached hydrogen (secondary N) is 1. The predicted molar refractivity (Wildman–Crippen MR) is 116 cm³/mol. The second-order valence-electron chi connectivity index (χ2n) is 7.74. The number of anilines is 1. The lowest BCUT2D eigenvalue weighted by Crippen LogP contribution is -2.49. The van der Waals surface area contributed by atoms with Gasteiger partial charge in [0.05, 0.1) is 6.61 Å². The van der Waals surface area contributed by atoms with Crippen LogP contribution in [0.5, 0.6) is 5.75 Å². The largest absolute Gasteiger partial charge is 0.494 e. The number of hydrogen-bond acceptors (Lipinski definition) is 4. The Morgan fingerprint density at radius 3 is 2.50 bits per heavy atom. The summed E-state index contributed by atoms with van der Waals surface area (Å²) in [6.07, 6.45) is 10.2. The number of nitrogens with zero attached hydrogens (tertiary/aromatic N) is 1. The zero-order chi connectivity index (χ0) is 18.9. The molecule has 2 atom stereocenters. The maximum atomic E-state index is 12.4. The summed E-state index contributed by atoms with van der Waals surface area (Å²) in [4.78, 5) is 15.0. The molecule has 1 aliphatic heterocycles. The molecule has 1 amide bonds. The third-order valence-corrected chi connectivity index (χ3v) is 5.65. The van der Waals surface area contributed by atoms with Crippen LogP contribution in [0.2, 0.25) is 0 Å².